The minimum absolute atomic E-state index is 0.325. The van der Waals surface area contributed by atoms with E-state index in [0.717, 1.165) is 5.56 Å². The maximum absolute atomic E-state index is 9.56. The van der Waals surface area contributed by atoms with E-state index in [0.29, 0.717) is 18.8 Å². The van der Waals surface area contributed by atoms with E-state index in [1.54, 1.807) is 42.2 Å². The molecule has 5 nitrogen and oxygen atoms in total. The molecule has 0 aromatic carbocycles. The number of hydrogen-bond donors (Lipinski definition) is 2. The number of pyridine rings is 1. The van der Waals surface area contributed by atoms with Gasteiger partial charge in [0.25, 0.3) is 0 Å². The molecule has 17 heavy (non-hydrogen) atoms. The van der Waals surface area contributed by atoms with Gasteiger partial charge in [-0.2, -0.15) is 0 Å². The van der Waals surface area contributed by atoms with E-state index in [1.165, 1.54) is 0 Å². The lowest BCUT2D eigenvalue weighted by Gasteiger charge is -2.21. The Hall–Kier alpha value is -1.66. The summed E-state index contributed by atoms with van der Waals surface area (Å²) in [6.07, 6.45) is 4.95. The first-order valence-corrected chi connectivity index (χ1v) is 5.33. The first-order chi connectivity index (χ1) is 8.19. The van der Waals surface area contributed by atoms with Crippen LogP contribution in [0.3, 0.4) is 0 Å². The van der Waals surface area contributed by atoms with E-state index < -0.39 is 7.05 Å². The average Bonchev–Trinajstić information content (AvgIpc) is 2.35. The van der Waals surface area contributed by atoms with Gasteiger partial charge in [0.1, 0.15) is 5.71 Å². The summed E-state index contributed by atoms with van der Waals surface area (Å²) >= 11 is 0. The molecule has 1 aromatic heterocycles. The fourth-order valence-electron chi connectivity index (χ4n) is 1.42. The molecule has 0 radical (unpaired) electrons. The van der Waals surface area contributed by atoms with Crippen LogP contribution in [-0.4, -0.2) is 45.9 Å². The summed E-state index contributed by atoms with van der Waals surface area (Å²) in [4.78, 5) is 5.68. The van der Waals surface area contributed by atoms with Gasteiger partial charge in [-0.05, 0) is 19.0 Å². The van der Waals surface area contributed by atoms with Gasteiger partial charge in [0.15, 0.2) is 0 Å². The predicted molar refractivity (Wildman–Crippen MR) is 68.2 cm³/mol. The highest BCUT2D eigenvalue weighted by atomic mass is 16.4. The normalized spacial score (nSPS) is 11.6. The summed E-state index contributed by atoms with van der Waals surface area (Å²) in [6, 6.07) is 3.57. The molecule has 0 spiro atoms. The zero-order chi connectivity index (χ0) is 12.7. The van der Waals surface area contributed by atoms with Crippen molar-refractivity contribution in [3.05, 3.63) is 42.7 Å². The molecule has 0 aliphatic rings. The molecule has 0 fully saturated rings. The summed E-state index contributed by atoms with van der Waals surface area (Å²) < 4.78 is 0. The van der Waals surface area contributed by atoms with Crippen molar-refractivity contribution in [2.45, 2.75) is 6.82 Å². The van der Waals surface area contributed by atoms with Crippen LogP contribution in [0.2, 0.25) is 6.82 Å². The van der Waals surface area contributed by atoms with Crippen molar-refractivity contribution >= 4 is 12.8 Å². The van der Waals surface area contributed by atoms with Gasteiger partial charge in [-0.1, -0.05) is 11.2 Å². The number of aromatic nitrogens is 1. The average molecular weight is 233 g/mol. The Morgan fingerprint density at radius 3 is 2.94 bits per heavy atom. The van der Waals surface area contributed by atoms with Gasteiger partial charge in [0, 0.05) is 31.0 Å². The first kappa shape index (κ1) is 13.4. The van der Waals surface area contributed by atoms with E-state index in [2.05, 4.69) is 16.7 Å². The largest absolute Gasteiger partial charge is 0.437 e. The zero-order valence-electron chi connectivity index (χ0n) is 9.82. The van der Waals surface area contributed by atoms with Crippen LogP contribution in [-0.2, 0) is 0 Å². The highest BCUT2D eigenvalue weighted by Crippen LogP contribution is 2.03. The van der Waals surface area contributed by atoms with Crippen molar-refractivity contribution in [2.75, 3.05) is 13.1 Å². The SMILES string of the molecule is C=CCN(C/C(=N/O)c1cccnc1)B(C)O. The summed E-state index contributed by atoms with van der Waals surface area (Å²) in [5.41, 5.74) is 1.19. The van der Waals surface area contributed by atoms with Crippen LogP contribution in [0, 0.1) is 0 Å². The Bertz CT molecular complexity index is 382. The Balaban J connectivity index is 2.79. The van der Waals surface area contributed by atoms with Crippen molar-refractivity contribution in [2.24, 2.45) is 5.16 Å². The van der Waals surface area contributed by atoms with E-state index in [9.17, 15) is 5.02 Å². The monoisotopic (exact) mass is 233 g/mol. The van der Waals surface area contributed by atoms with Gasteiger partial charge in [0.05, 0.1) is 0 Å². The molecule has 90 valence electrons. The Kier molecular flexibility index (Phi) is 5.38. The fraction of sp³-hybridized carbons (Fsp3) is 0.273. The zero-order valence-corrected chi connectivity index (χ0v) is 9.82. The predicted octanol–water partition coefficient (Wildman–Crippen LogP) is 0.858. The molecule has 0 unspecified atom stereocenters. The molecule has 2 N–H and O–H groups in total. The third-order valence-electron chi connectivity index (χ3n) is 2.36. The summed E-state index contributed by atoms with van der Waals surface area (Å²) in [5.74, 6) is 0. The molecule has 0 saturated carbocycles. The fourth-order valence-corrected chi connectivity index (χ4v) is 1.42. The second-order valence-corrected chi connectivity index (χ2v) is 3.64. The van der Waals surface area contributed by atoms with Crippen molar-refractivity contribution < 1.29 is 10.2 Å². The third-order valence-corrected chi connectivity index (χ3v) is 2.36. The van der Waals surface area contributed by atoms with Gasteiger partial charge in [-0.3, -0.25) is 4.98 Å². The summed E-state index contributed by atoms with van der Waals surface area (Å²) in [7, 11) is -0.638. The second-order valence-electron chi connectivity index (χ2n) is 3.64. The Morgan fingerprint density at radius 1 is 1.71 bits per heavy atom. The van der Waals surface area contributed by atoms with Crippen LogP contribution in [0.15, 0.2) is 42.3 Å². The lowest BCUT2D eigenvalue weighted by molar-refractivity contribution is 0.315. The van der Waals surface area contributed by atoms with Crippen LogP contribution >= 0.6 is 0 Å². The maximum atomic E-state index is 9.56. The van der Waals surface area contributed by atoms with E-state index in [1.807, 2.05) is 0 Å². The van der Waals surface area contributed by atoms with Gasteiger partial charge >= 0.3 is 7.05 Å². The van der Waals surface area contributed by atoms with Crippen LogP contribution in [0.25, 0.3) is 0 Å². The minimum atomic E-state index is -0.638. The first-order valence-electron chi connectivity index (χ1n) is 5.33. The van der Waals surface area contributed by atoms with Crippen molar-refractivity contribution in [1.82, 2.24) is 9.79 Å². The van der Waals surface area contributed by atoms with Gasteiger partial charge in [0.2, 0.25) is 0 Å². The number of hydrogen-bond acceptors (Lipinski definition) is 5. The lowest BCUT2D eigenvalue weighted by atomic mass is 9.84. The minimum Gasteiger partial charge on any atom is -0.437 e. The lowest BCUT2D eigenvalue weighted by Crippen LogP contribution is -2.41. The summed E-state index contributed by atoms with van der Waals surface area (Å²) in [5, 5.41) is 21.8. The highest BCUT2D eigenvalue weighted by molar-refractivity contribution is 6.45. The van der Waals surface area contributed by atoms with Gasteiger partial charge in [-0.25, -0.2) is 0 Å². The quantitative estimate of drug-likeness (QED) is 0.251. The molecule has 0 amide bonds. The maximum Gasteiger partial charge on any atom is 0.377 e. The molecule has 0 aliphatic carbocycles. The molecule has 0 saturated heterocycles. The molecular formula is C11H16BN3O2. The van der Waals surface area contributed by atoms with Gasteiger partial charge < -0.3 is 15.0 Å². The highest BCUT2D eigenvalue weighted by Gasteiger charge is 2.18. The number of oxime groups is 1. The van der Waals surface area contributed by atoms with E-state index in [-0.39, 0.29) is 0 Å². The van der Waals surface area contributed by atoms with Crippen LogP contribution < -0.4 is 0 Å². The molecule has 6 heteroatoms. The molecule has 0 bridgehead atoms. The standard InChI is InChI=1S/C11H16BN3O2/c1-3-7-15(12(2)16)9-11(14-17)10-5-4-6-13-8-10/h3-6,8,16-17H,1,7,9H2,2H3/b14-11-. The van der Waals surface area contributed by atoms with E-state index >= 15 is 0 Å². The van der Waals surface area contributed by atoms with Crippen molar-refractivity contribution in [1.29, 1.82) is 0 Å². The van der Waals surface area contributed by atoms with E-state index in [4.69, 9.17) is 5.21 Å². The summed E-state index contributed by atoms with van der Waals surface area (Å²) in [6.45, 7) is 6.11. The Labute approximate surface area is 101 Å². The molecule has 1 rings (SSSR count). The molecule has 1 aromatic rings. The number of rotatable bonds is 6. The topological polar surface area (TPSA) is 69.0 Å². The smallest absolute Gasteiger partial charge is 0.377 e. The van der Waals surface area contributed by atoms with Crippen LogP contribution in [0.5, 0.6) is 0 Å². The third kappa shape index (κ3) is 4.01. The number of nitrogens with zero attached hydrogens (tertiary/aromatic N) is 3. The van der Waals surface area contributed by atoms with Crippen molar-refractivity contribution in [3.63, 3.8) is 0 Å². The second kappa shape index (κ2) is 6.83. The van der Waals surface area contributed by atoms with Gasteiger partial charge in [-0.15, -0.1) is 6.58 Å². The molecular weight excluding hydrogens is 217 g/mol. The molecule has 0 atom stereocenters. The van der Waals surface area contributed by atoms with Crippen molar-refractivity contribution in [3.8, 4) is 0 Å². The van der Waals surface area contributed by atoms with Crippen LogP contribution in [0.4, 0.5) is 0 Å². The molecule has 1 heterocycles. The molecule has 0 aliphatic heterocycles. The van der Waals surface area contributed by atoms with Crippen LogP contribution in [0.1, 0.15) is 5.56 Å². The Morgan fingerprint density at radius 2 is 2.47 bits per heavy atom.